The molecule has 4 rings (SSSR count). The Morgan fingerprint density at radius 2 is 2.03 bits per heavy atom. The summed E-state index contributed by atoms with van der Waals surface area (Å²) in [7, 11) is 3.54. The number of benzene rings is 1. The van der Waals surface area contributed by atoms with Gasteiger partial charge in [-0.3, -0.25) is 4.79 Å². The van der Waals surface area contributed by atoms with Gasteiger partial charge in [0, 0.05) is 30.4 Å². The van der Waals surface area contributed by atoms with Crippen LogP contribution in [0.1, 0.15) is 32.8 Å². The van der Waals surface area contributed by atoms with Crippen LogP contribution in [0.25, 0.3) is 10.6 Å². The molecule has 1 atom stereocenters. The van der Waals surface area contributed by atoms with Gasteiger partial charge in [0.05, 0.1) is 12.8 Å². The molecule has 0 aliphatic carbocycles. The molecule has 0 saturated heterocycles. The fraction of sp³-hybridized carbons (Fsp3) is 0.190. The van der Waals surface area contributed by atoms with Crippen molar-refractivity contribution in [2.75, 3.05) is 7.11 Å². The summed E-state index contributed by atoms with van der Waals surface area (Å²) in [5.41, 5.74) is 2.69. The van der Waals surface area contributed by atoms with Crippen LogP contribution in [-0.2, 0) is 7.05 Å². The fourth-order valence-electron chi connectivity index (χ4n) is 3.06. The zero-order valence-electron chi connectivity index (χ0n) is 16.2. The van der Waals surface area contributed by atoms with Gasteiger partial charge in [0.15, 0.2) is 0 Å². The molecule has 1 unspecified atom stereocenters. The number of thiazole rings is 1. The Labute approximate surface area is 176 Å². The maximum atomic E-state index is 13.2. The van der Waals surface area contributed by atoms with Crippen molar-refractivity contribution >= 4 is 28.6 Å². The van der Waals surface area contributed by atoms with E-state index in [1.165, 1.54) is 11.3 Å². The summed E-state index contributed by atoms with van der Waals surface area (Å²) in [6.45, 7) is 1.87. The summed E-state index contributed by atoms with van der Waals surface area (Å²) in [6, 6.07) is 9.26. The van der Waals surface area contributed by atoms with Crippen molar-refractivity contribution in [1.82, 2.24) is 19.9 Å². The van der Waals surface area contributed by atoms with Crippen molar-refractivity contribution in [3.63, 3.8) is 0 Å². The van der Waals surface area contributed by atoms with Crippen molar-refractivity contribution in [3.05, 3.63) is 75.4 Å². The number of carbonyl (C=O) groups is 1. The van der Waals surface area contributed by atoms with Gasteiger partial charge in [0.1, 0.15) is 27.5 Å². The van der Waals surface area contributed by atoms with Crippen LogP contribution >= 0.6 is 22.7 Å². The summed E-state index contributed by atoms with van der Waals surface area (Å²) in [5, 5.41) is 8.04. The zero-order valence-corrected chi connectivity index (χ0v) is 17.9. The number of carbonyl (C=O) groups excluding carboxylic acids is 1. The van der Waals surface area contributed by atoms with Gasteiger partial charge < -0.3 is 14.6 Å². The molecule has 6 nitrogen and oxygen atoms in total. The van der Waals surface area contributed by atoms with E-state index in [4.69, 9.17) is 4.74 Å². The molecule has 148 valence electrons. The highest BCUT2D eigenvalue weighted by atomic mass is 32.1. The molecule has 3 aromatic heterocycles. The highest BCUT2D eigenvalue weighted by molar-refractivity contribution is 7.17. The molecule has 3 heterocycles. The van der Waals surface area contributed by atoms with Gasteiger partial charge >= 0.3 is 0 Å². The van der Waals surface area contributed by atoms with E-state index >= 15 is 0 Å². The molecule has 0 bridgehead atoms. The molecule has 1 amide bonds. The van der Waals surface area contributed by atoms with E-state index in [1.807, 2.05) is 65.8 Å². The highest BCUT2D eigenvalue weighted by Gasteiger charge is 2.24. The van der Waals surface area contributed by atoms with Crippen molar-refractivity contribution in [1.29, 1.82) is 0 Å². The average Bonchev–Trinajstić information content (AvgIpc) is 3.47. The third-order valence-corrected chi connectivity index (χ3v) is 6.50. The monoisotopic (exact) mass is 424 g/mol. The fourth-order valence-corrected chi connectivity index (χ4v) is 4.74. The van der Waals surface area contributed by atoms with Gasteiger partial charge in [-0.15, -0.1) is 11.3 Å². The van der Waals surface area contributed by atoms with Crippen molar-refractivity contribution in [2.45, 2.75) is 13.0 Å². The molecular weight excluding hydrogens is 404 g/mol. The molecule has 1 N–H and O–H groups in total. The first-order valence-electron chi connectivity index (χ1n) is 8.99. The van der Waals surface area contributed by atoms with Crippen LogP contribution in [-0.4, -0.2) is 27.6 Å². The van der Waals surface area contributed by atoms with E-state index in [9.17, 15) is 4.79 Å². The molecule has 0 saturated carbocycles. The van der Waals surface area contributed by atoms with E-state index in [0.717, 1.165) is 33.4 Å². The van der Waals surface area contributed by atoms with Crippen molar-refractivity contribution < 1.29 is 9.53 Å². The third-order valence-electron chi connectivity index (χ3n) is 4.61. The molecule has 0 radical (unpaired) electrons. The Kier molecular flexibility index (Phi) is 5.46. The summed E-state index contributed by atoms with van der Waals surface area (Å²) in [6.07, 6.45) is 3.59. The SMILES string of the molecule is COc1ccc(C(NC(=O)c2sc(-c3ccsc3)nc2C)c2nccn2C)cc1. The van der Waals surface area contributed by atoms with E-state index in [-0.39, 0.29) is 11.9 Å². The lowest BCUT2D eigenvalue weighted by Gasteiger charge is -2.19. The Morgan fingerprint density at radius 1 is 1.24 bits per heavy atom. The maximum Gasteiger partial charge on any atom is 0.264 e. The van der Waals surface area contributed by atoms with E-state index < -0.39 is 0 Å². The minimum absolute atomic E-state index is 0.162. The molecule has 4 aromatic rings. The summed E-state index contributed by atoms with van der Waals surface area (Å²) in [4.78, 5) is 22.8. The van der Waals surface area contributed by atoms with Crippen LogP contribution in [0.4, 0.5) is 0 Å². The molecular formula is C21H20N4O2S2. The lowest BCUT2D eigenvalue weighted by Crippen LogP contribution is -2.31. The van der Waals surface area contributed by atoms with Crippen LogP contribution in [0, 0.1) is 6.92 Å². The van der Waals surface area contributed by atoms with Gasteiger partial charge in [0.25, 0.3) is 5.91 Å². The summed E-state index contributed by atoms with van der Waals surface area (Å²) >= 11 is 3.02. The molecule has 0 aliphatic heterocycles. The van der Waals surface area contributed by atoms with Crippen LogP contribution in [0.5, 0.6) is 5.75 Å². The number of hydrogen-bond donors (Lipinski definition) is 1. The number of nitrogens with zero attached hydrogens (tertiary/aromatic N) is 3. The van der Waals surface area contributed by atoms with Crippen LogP contribution in [0.15, 0.2) is 53.5 Å². The highest BCUT2D eigenvalue weighted by Crippen LogP contribution is 2.30. The Hall–Kier alpha value is -2.97. The first kappa shape index (κ1) is 19.4. The normalized spacial score (nSPS) is 12.0. The molecule has 8 heteroatoms. The number of thiophene rings is 1. The van der Waals surface area contributed by atoms with Gasteiger partial charge in [0.2, 0.25) is 0 Å². The lowest BCUT2D eigenvalue weighted by atomic mass is 10.1. The predicted molar refractivity (Wildman–Crippen MR) is 116 cm³/mol. The average molecular weight is 425 g/mol. The van der Waals surface area contributed by atoms with Gasteiger partial charge in [-0.1, -0.05) is 12.1 Å². The van der Waals surface area contributed by atoms with Gasteiger partial charge in [-0.2, -0.15) is 11.3 Å². The zero-order chi connectivity index (χ0) is 20.4. The summed E-state index contributed by atoms with van der Waals surface area (Å²) < 4.78 is 7.16. The van der Waals surface area contributed by atoms with E-state index in [2.05, 4.69) is 15.3 Å². The van der Waals surface area contributed by atoms with Gasteiger partial charge in [-0.05, 0) is 36.1 Å². The third kappa shape index (κ3) is 3.94. The van der Waals surface area contributed by atoms with E-state index in [1.54, 1.807) is 24.6 Å². The second-order valence-corrected chi connectivity index (χ2v) is 8.30. The number of imidazole rings is 1. The van der Waals surface area contributed by atoms with Crippen molar-refractivity contribution in [3.8, 4) is 16.3 Å². The number of nitrogens with one attached hydrogen (secondary N) is 1. The first-order chi connectivity index (χ1) is 14.1. The van der Waals surface area contributed by atoms with Gasteiger partial charge in [-0.25, -0.2) is 9.97 Å². The number of methoxy groups -OCH3 is 1. The number of amides is 1. The second-order valence-electron chi connectivity index (χ2n) is 6.52. The largest absolute Gasteiger partial charge is 0.497 e. The van der Waals surface area contributed by atoms with Crippen molar-refractivity contribution in [2.24, 2.45) is 7.05 Å². The molecule has 0 spiro atoms. The second kappa shape index (κ2) is 8.18. The van der Waals surface area contributed by atoms with Crippen LogP contribution < -0.4 is 10.1 Å². The Bertz CT molecular complexity index is 1110. The minimum Gasteiger partial charge on any atom is -0.497 e. The number of aryl methyl sites for hydroxylation is 2. The van der Waals surface area contributed by atoms with Crippen LogP contribution in [0.2, 0.25) is 0 Å². The van der Waals surface area contributed by atoms with Crippen LogP contribution in [0.3, 0.4) is 0 Å². The summed E-state index contributed by atoms with van der Waals surface area (Å²) in [5.74, 6) is 1.35. The topological polar surface area (TPSA) is 69.0 Å². The van der Waals surface area contributed by atoms with E-state index in [0.29, 0.717) is 4.88 Å². The molecule has 29 heavy (non-hydrogen) atoms. The maximum absolute atomic E-state index is 13.2. The number of aromatic nitrogens is 3. The Balaban J connectivity index is 1.66. The molecule has 0 fully saturated rings. The predicted octanol–water partition coefficient (Wildman–Crippen LogP) is 4.44. The smallest absolute Gasteiger partial charge is 0.264 e. The number of ether oxygens (including phenoxy) is 1. The molecule has 0 aliphatic rings. The number of hydrogen-bond acceptors (Lipinski definition) is 6. The minimum atomic E-state index is -0.389. The standard InChI is InChI=1S/C21H20N4O2S2/c1-13-18(29-21(23-13)15-8-11-28-12-15)20(26)24-17(19-22-9-10-25(19)2)14-4-6-16(27-3)7-5-14/h4-12,17H,1-3H3,(H,24,26). The lowest BCUT2D eigenvalue weighted by molar-refractivity contribution is 0.0944. The number of rotatable bonds is 6. The Morgan fingerprint density at radius 3 is 2.66 bits per heavy atom. The first-order valence-corrected chi connectivity index (χ1v) is 10.7. The quantitative estimate of drug-likeness (QED) is 0.497. The molecule has 1 aromatic carbocycles.